The molecule has 14 heteroatoms. The molecule has 5 aliphatic rings. The van der Waals surface area contributed by atoms with Gasteiger partial charge in [0.25, 0.3) is 0 Å². The topological polar surface area (TPSA) is 146 Å². The van der Waals surface area contributed by atoms with Crippen LogP contribution in [0.2, 0.25) is 0 Å². The molecule has 0 aliphatic carbocycles. The molecule has 0 amide bonds. The van der Waals surface area contributed by atoms with Gasteiger partial charge in [-0.25, -0.2) is 4.79 Å². The number of ether oxygens (including phenoxy) is 7. The van der Waals surface area contributed by atoms with Crippen molar-refractivity contribution >= 4 is 29.5 Å². The second-order valence-corrected chi connectivity index (χ2v) is 13.4. The monoisotopic (exact) mass is 665 g/mol. The van der Waals surface area contributed by atoms with Gasteiger partial charge in [0, 0.05) is 48.4 Å². The molecule has 248 valence electrons. The number of nitrogens with zero attached hydrogens (tertiary/aromatic N) is 3. The summed E-state index contributed by atoms with van der Waals surface area (Å²) in [5.41, 5.74) is 4.64. The highest BCUT2D eigenvalue weighted by Gasteiger charge is 2.60. The van der Waals surface area contributed by atoms with Crippen LogP contribution in [0.15, 0.2) is 6.07 Å². The highest BCUT2D eigenvalue weighted by Crippen LogP contribution is 2.64. The van der Waals surface area contributed by atoms with E-state index < -0.39 is 47.1 Å². The average molecular weight is 666 g/mol. The summed E-state index contributed by atoms with van der Waals surface area (Å²) in [5.74, 6) is -0.0336. The highest BCUT2D eigenvalue weighted by atomic mass is 32.2. The molecule has 0 N–H and O–H groups in total. The SMILES string of the molecule is COCOc1c(OC)c(C)cc2c1[C@@H]1C3[C@@H]4SCC(=O)C(=O)OC[C@H](c5c6c(c(C)c(OC(C)=O)c54)OCO6)N3[C@@H](C#N)[C@H](C2)N1C. The van der Waals surface area contributed by atoms with Gasteiger partial charge in [-0.15, -0.1) is 11.8 Å². The summed E-state index contributed by atoms with van der Waals surface area (Å²) in [7, 11) is 5.14. The first kappa shape index (κ1) is 31.6. The van der Waals surface area contributed by atoms with Crippen molar-refractivity contribution in [1.29, 1.82) is 5.26 Å². The molecular formula is C33H35N3O10S. The number of thioether (sulfide) groups is 1. The normalized spacial score (nSPS) is 27.6. The lowest BCUT2D eigenvalue weighted by atomic mass is 9.71. The van der Waals surface area contributed by atoms with E-state index in [0.29, 0.717) is 51.9 Å². The highest BCUT2D eigenvalue weighted by molar-refractivity contribution is 8.00. The van der Waals surface area contributed by atoms with Crippen LogP contribution in [0.1, 0.15) is 57.6 Å². The average Bonchev–Trinajstić information content (AvgIpc) is 3.53. The zero-order valence-electron chi connectivity index (χ0n) is 26.9. The number of benzene rings is 2. The third-order valence-corrected chi connectivity index (χ3v) is 11.1. The molecule has 0 aromatic heterocycles. The fourth-order valence-corrected chi connectivity index (χ4v) is 9.47. The van der Waals surface area contributed by atoms with Crippen molar-refractivity contribution in [2.75, 3.05) is 47.2 Å². The van der Waals surface area contributed by atoms with Gasteiger partial charge in [0.05, 0.1) is 36.3 Å². The van der Waals surface area contributed by atoms with Crippen LogP contribution in [0.5, 0.6) is 28.7 Å². The van der Waals surface area contributed by atoms with E-state index >= 15 is 0 Å². The summed E-state index contributed by atoms with van der Waals surface area (Å²) < 4.78 is 41.1. The molecule has 2 saturated heterocycles. The number of carbonyl (C=O) groups is 3. The quantitative estimate of drug-likeness (QED) is 0.200. The van der Waals surface area contributed by atoms with E-state index in [9.17, 15) is 19.6 Å². The van der Waals surface area contributed by atoms with Crippen molar-refractivity contribution in [3.05, 3.63) is 39.4 Å². The smallest absolute Gasteiger partial charge is 0.375 e. The number of hydrogen-bond donors (Lipinski definition) is 0. The first-order valence-corrected chi connectivity index (χ1v) is 16.3. The molecule has 7 rings (SSSR count). The number of cyclic esters (lactones) is 1. The number of carbonyl (C=O) groups excluding carboxylic acids is 3. The summed E-state index contributed by atoms with van der Waals surface area (Å²) in [6.45, 7) is 4.77. The van der Waals surface area contributed by atoms with Gasteiger partial charge in [0.1, 0.15) is 18.4 Å². The summed E-state index contributed by atoms with van der Waals surface area (Å²) in [5, 5.41) is 10.3. The molecule has 5 aliphatic heterocycles. The standard InChI is InChI=1S/C33H35N3O10S/c1-14-7-17-8-18-19(9-34)36-20-10-42-33(39)21(38)11-47-32(24-23(20)31-29(44-13-45-31)15(2)28(24)46-16(3)37)26(36)25(35(18)4)22(17)30(27(14)41-6)43-12-40-5/h7,18-20,25-26,32H,8,10-13H2,1-6H3/t18-,19-,20+,25+,26?,32+/m0/s1. The Balaban J connectivity index is 1.56. The molecule has 4 bridgehead atoms. The Morgan fingerprint density at radius 2 is 1.85 bits per heavy atom. The number of nitriles is 1. The van der Waals surface area contributed by atoms with Crippen LogP contribution in [0.3, 0.4) is 0 Å². The lowest BCUT2D eigenvalue weighted by Crippen LogP contribution is -2.69. The molecule has 0 spiro atoms. The number of esters is 2. The minimum absolute atomic E-state index is 0.0192. The number of fused-ring (bicyclic) bond motifs is 9. The minimum Gasteiger partial charge on any atom is -0.493 e. The fourth-order valence-electron chi connectivity index (χ4n) is 8.13. The van der Waals surface area contributed by atoms with Crippen molar-refractivity contribution in [1.82, 2.24) is 9.80 Å². The van der Waals surface area contributed by atoms with Crippen LogP contribution >= 0.6 is 11.8 Å². The van der Waals surface area contributed by atoms with Crippen LogP contribution in [0.4, 0.5) is 0 Å². The van der Waals surface area contributed by atoms with E-state index in [-0.39, 0.29) is 32.0 Å². The predicted molar refractivity (Wildman–Crippen MR) is 166 cm³/mol. The van der Waals surface area contributed by atoms with Gasteiger partial charge in [-0.3, -0.25) is 19.4 Å². The number of aryl methyl sites for hydroxylation is 1. The molecule has 0 radical (unpaired) electrons. The first-order chi connectivity index (χ1) is 22.6. The van der Waals surface area contributed by atoms with Gasteiger partial charge >= 0.3 is 11.9 Å². The van der Waals surface area contributed by atoms with Crippen LogP contribution in [-0.4, -0.2) is 92.9 Å². The number of hydrogen-bond acceptors (Lipinski definition) is 14. The van der Waals surface area contributed by atoms with E-state index in [1.807, 2.05) is 14.0 Å². The van der Waals surface area contributed by atoms with E-state index in [0.717, 1.165) is 16.7 Å². The van der Waals surface area contributed by atoms with E-state index in [1.165, 1.54) is 18.7 Å². The molecule has 47 heavy (non-hydrogen) atoms. The number of rotatable bonds is 5. The van der Waals surface area contributed by atoms with Crippen LogP contribution < -0.4 is 23.7 Å². The van der Waals surface area contributed by atoms with Crippen molar-refractivity contribution < 1.29 is 47.5 Å². The predicted octanol–water partition coefficient (Wildman–Crippen LogP) is 3.08. The van der Waals surface area contributed by atoms with Crippen molar-refractivity contribution in [2.45, 2.75) is 62.7 Å². The Morgan fingerprint density at radius 1 is 1.09 bits per heavy atom. The molecule has 2 aromatic carbocycles. The minimum atomic E-state index is -0.937. The van der Waals surface area contributed by atoms with Crippen LogP contribution in [0, 0.1) is 25.2 Å². The van der Waals surface area contributed by atoms with E-state index in [2.05, 4.69) is 21.9 Å². The number of piperazine rings is 1. The number of Topliss-reactive ketones (excluding diaryl/α,β-unsaturated/α-hetero) is 1. The third kappa shape index (κ3) is 4.66. The van der Waals surface area contributed by atoms with Gasteiger partial charge in [-0.2, -0.15) is 5.26 Å². The molecule has 13 nitrogen and oxygen atoms in total. The van der Waals surface area contributed by atoms with Gasteiger partial charge in [0.15, 0.2) is 29.8 Å². The van der Waals surface area contributed by atoms with E-state index in [4.69, 9.17) is 33.2 Å². The molecule has 2 aromatic rings. The second-order valence-electron chi connectivity index (χ2n) is 12.3. The maximum Gasteiger partial charge on any atom is 0.375 e. The molecule has 1 unspecified atom stereocenters. The second kappa shape index (κ2) is 11.9. The van der Waals surface area contributed by atoms with Crippen LogP contribution in [-0.2, 0) is 30.3 Å². The van der Waals surface area contributed by atoms with Crippen molar-refractivity contribution in [3.8, 4) is 34.8 Å². The zero-order valence-corrected chi connectivity index (χ0v) is 27.7. The Kier molecular flexibility index (Phi) is 7.99. The number of ketones is 1. The number of methoxy groups -OCH3 is 2. The van der Waals surface area contributed by atoms with Gasteiger partial charge in [0.2, 0.25) is 12.6 Å². The summed E-state index contributed by atoms with van der Waals surface area (Å²) in [6.07, 6.45) is 0.540. The molecule has 5 heterocycles. The van der Waals surface area contributed by atoms with E-state index in [1.54, 1.807) is 21.1 Å². The first-order valence-electron chi connectivity index (χ1n) is 15.3. The maximum atomic E-state index is 13.0. The van der Waals surface area contributed by atoms with Crippen molar-refractivity contribution in [2.24, 2.45) is 0 Å². The maximum absolute atomic E-state index is 13.0. The third-order valence-electron chi connectivity index (χ3n) is 9.84. The van der Waals surface area contributed by atoms with Crippen molar-refractivity contribution in [3.63, 3.8) is 0 Å². The Bertz CT molecular complexity index is 1740. The van der Waals surface area contributed by atoms with Gasteiger partial charge in [-0.1, -0.05) is 6.07 Å². The fraction of sp³-hybridized carbons (Fsp3) is 0.515. The lowest BCUT2D eigenvalue weighted by molar-refractivity contribution is -0.157. The van der Waals surface area contributed by atoms with Gasteiger partial charge in [-0.05, 0) is 38.4 Å². The lowest BCUT2D eigenvalue weighted by Gasteiger charge is -2.61. The largest absolute Gasteiger partial charge is 0.493 e. The van der Waals surface area contributed by atoms with Crippen LogP contribution in [0.25, 0.3) is 0 Å². The Morgan fingerprint density at radius 3 is 2.55 bits per heavy atom. The zero-order chi connectivity index (χ0) is 33.3. The molecule has 0 saturated carbocycles. The summed E-state index contributed by atoms with van der Waals surface area (Å²) >= 11 is 1.25. The Labute approximate surface area is 275 Å². The number of likely N-dealkylation sites (N-methyl/N-ethyl adjacent to an activating group) is 1. The Hall–Kier alpha value is -4.03. The molecule has 2 fully saturated rings. The summed E-state index contributed by atoms with van der Waals surface area (Å²) in [4.78, 5) is 42.8. The molecule has 6 atom stereocenters. The summed E-state index contributed by atoms with van der Waals surface area (Å²) in [6, 6.07) is 2.11. The van der Waals surface area contributed by atoms with Gasteiger partial charge < -0.3 is 33.2 Å². The molecular weight excluding hydrogens is 630 g/mol.